The minimum absolute atomic E-state index is 0.221. The molecule has 0 radical (unpaired) electrons. The topological polar surface area (TPSA) is 101 Å². The molecule has 3 N–H and O–H groups in total. The van der Waals surface area contributed by atoms with Gasteiger partial charge in [-0.2, -0.15) is 0 Å². The van der Waals surface area contributed by atoms with Crippen LogP contribution in [0.5, 0.6) is 0 Å². The van der Waals surface area contributed by atoms with Crippen molar-refractivity contribution in [3.05, 3.63) is 63.9 Å². The second-order valence-corrected chi connectivity index (χ2v) is 7.58. The van der Waals surface area contributed by atoms with Gasteiger partial charge in [-0.05, 0) is 38.5 Å². The molecule has 0 aliphatic carbocycles. The summed E-state index contributed by atoms with van der Waals surface area (Å²) in [5, 5.41) is 18.7. The minimum atomic E-state index is -0.500. The van der Waals surface area contributed by atoms with Crippen molar-refractivity contribution in [2.75, 3.05) is 19.5 Å². The lowest BCUT2D eigenvalue weighted by molar-refractivity contribution is -0.105. The van der Waals surface area contributed by atoms with Gasteiger partial charge in [-0.3, -0.25) is 14.2 Å². The normalized spacial score (nSPS) is 9.97. The van der Waals surface area contributed by atoms with Crippen molar-refractivity contribution < 1.29 is 19.7 Å². The first-order valence-corrected chi connectivity index (χ1v) is 9.59. The van der Waals surface area contributed by atoms with Crippen molar-refractivity contribution in [3.63, 3.8) is 0 Å². The molecule has 2 aromatic rings. The Kier molecular flexibility index (Phi) is 11.6. The third-order valence-corrected chi connectivity index (χ3v) is 3.94. The Labute approximate surface area is 188 Å². The largest absolute Gasteiger partial charge is 0.497 e. The van der Waals surface area contributed by atoms with E-state index in [2.05, 4.69) is 18.5 Å². The highest BCUT2D eigenvalue weighted by molar-refractivity contribution is 6.30. The van der Waals surface area contributed by atoms with E-state index in [0.717, 1.165) is 12.7 Å². The number of ether oxygens (including phenoxy) is 1. The van der Waals surface area contributed by atoms with E-state index in [-0.39, 0.29) is 16.9 Å². The summed E-state index contributed by atoms with van der Waals surface area (Å²) in [5.41, 5.74) is 1.36. The fourth-order valence-corrected chi connectivity index (χ4v) is 2.64. The predicted octanol–water partition coefficient (Wildman–Crippen LogP) is 3.92. The molecule has 0 saturated carbocycles. The number of halogens is 1. The molecule has 1 aromatic heterocycles. The van der Waals surface area contributed by atoms with Crippen LogP contribution in [-0.4, -0.2) is 41.0 Å². The summed E-state index contributed by atoms with van der Waals surface area (Å²) in [4.78, 5) is 23.7. The smallest absolute Gasteiger partial charge is 0.263 e. The fraction of sp³-hybridized carbons (Fsp3) is 0.304. The lowest BCUT2D eigenvalue weighted by Crippen LogP contribution is -2.26. The molecule has 1 heterocycles. The summed E-state index contributed by atoms with van der Waals surface area (Å²) >= 11 is 5.95. The number of aliphatic hydroxyl groups excluding tert-OH is 1. The number of carbonyl (C=O) groups excluding carboxylic acids is 1. The maximum atomic E-state index is 12.7. The number of aliphatic hydroxyl groups is 2. The summed E-state index contributed by atoms with van der Waals surface area (Å²) in [6.45, 7) is 12.8. The molecule has 8 heteroatoms. The number of benzene rings is 1. The third-order valence-electron chi connectivity index (χ3n) is 3.69. The van der Waals surface area contributed by atoms with Gasteiger partial charge in [-0.25, -0.2) is 0 Å². The first-order valence-electron chi connectivity index (χ1n) is 9.22. The molecule has 1 aromatic carbocycles. The maximum absolute atomic E-state index is 12.7. The summed E-state index contributed by atoms with van der Waals surface area (Å²) in [6, 6.07) is 7.05. The van der Waals surface area contributed by atoms with Gasteiger partial charge in [0.05, 0.1) is 18.3 Å². The molecule has 0 atom stereocenters. The van der Waals surface area contributed by atoms with E-state index in [1.165, 1.54) is 11.7 Å². The van der Waals surface area contributed by atoms with Crippen molar-refractivity contribution >= 4 is 35.7 Å². The number of rotatable bonds is 6. The Balaban J connectivity index is 0.00000113. The second kappa shape index (κ2) is 12.7. The van der Waals surface area contributed by atoms with Crippen LogP contribution in [0.25, 0.3) is 23.0 Å². The number of hydrogen-bond donors (Lipinski definition) is 3. The third kappa shape index (κ3) is 8.05. The second-order valence-electron chi connectivity index (χ2n) is 7.15. The number of nitrogens with zero attached hydrogens (tertiary/aromatic N) is 1. The SMILES string of the molecule is C=Cc1c(-c2ccc(Cl)cc2)c(NC=O)n(C)c(=O)c1C(=C)OC.CC(C)(C)O.CO. The molecule has 0 spiro atoms. The molecule has 170 valence electrons. The Hall–Kier alpha value is -2.87. The molecule has 0 fully saturated rings. The van der Waals surface area contributed by atoms with Gasteiger partial charge >= 0.3 is 0 Å². The van der Waals surface area contributed by atoms with Crippen molar-refractivity contribution in [2.45, 2.75) is 26.4 Å². The number of carbonyl (C=O) groups is 1. The van der Waals surface area contributed by atoms with Gasteiger partial charge in [0.2, 0.25) is 6.41 Å². The zero-order valence-corrected chi connectivity index (χ0v) is 19.6. The lowest BCUT2D eigenvalue weighted by atomic mass is 9.95. The van der Waals surface area contributed by atoms with Crippen LogP contribution in [0.2, 0.25) is 5.02 Å². The number of hydrogen-bond acceptors (Lipinski definition) is 5. The van der Waals surface area contributed by atoms with Crippen molar-refractivity contribution in [3.8, 4) is 11.1 Å². The number of amides is 1. The lowest BCUT2D eigenvalue weighted by Gasteiger charge is -2.20. The van der Waals surface area contributed by atoms with E-state index in [0.29, 0.717) is 28.4 Å². The Bertz CT molecular complexity index is 952. The number of nitrogens with one attached hydrogen (secondary N) is 1. The van der Waals surface area contributed by atoms with Gasteiger partial charge in [0.1, 0.15) is 11.6 Å². The average Bonchev–Trinajstić information content (AvgIpc) is 2.72. The highest BCUT2D eigenvalue weighted by Gasteiger charge is 2.22. The van der Waals surface area contributed by atoms with Crippen LogP contribution in [0.4, 0.5) is 5.82 Å². The summed E-state index contributed by atoms with van der Waals surface area (Å²) in [5.74, 6) is 0.568. The van der Waals surface area contributed by atoms with Crippen LogP contribution in [0.3, 0.4) is 0 Å². The summed E-state index contributed by atoms with van der Waals surface area (Å²) in [6.07, 6.45) is 2.06. The molecular weight excluding hydrogens is 420 g/mol. The van der Waals surface area contributed by atoms with Crippen LogP contribution in [0.1, 0.15) is 31.9 Å². The van der Waals surface area contributed by atoms with Crippen molar-refractivity contribution in [1.82, 2.24) is 4.57 Å². The molecule has 1 amide bonds. The fourth-order valence-electron chi connectivity index (χ4n) is 2.51. The molecule has 0 unspecified atom stereocenters. The van der Waals surface area contributed by atoms with Gasteiger partial charge in [-0.15, -0.1) is 0 Å². The monoisotopic (exact) mass is 450 g/mol. The zero-order valence-electron chi connectivity index (χ0n) is 18.8. The molecule has 31 heavy (non-hydrogen) atoms. The van der Waals surface area contributed by atoms with Gasteiger partial charge in [0.25, 0.3) is 5.56 Å². The average molecular weight is 451 g/mol. The van der Waals surface area contributed by atoms with Crippen LogP contribution < -0.4 is 10.9 Å². The van der Waals surface area contributed by atoms with E-state index in [4.69, 9.17) is 26.6 Å². The quantitative estimate of drug-likeness (QED) is 0.457. The van der Waals surface area contributed by atoms with Crippen LogP contribution >= 0.6 is 11.6 Å². The van der Waals surface area contributed by atoms with Gasteiger partial charge < -0.3 is 20.3 Å². The Morgan fingerprint density at radius 2 is 1.71 bits per heavy atom. The van der Waals surface area contributed by atoms with Gasteiger partial charge in [0, 0.05) is 30.3 Å². The molecule has 2 rings (SSSR count). The van der Waals surface area contributed by atoms with E-state index >= 15 is 0 Å². The van der Waals surface area contributed by atoms with Crippen molar-refractivity contribution in [2.24, 2.45) is 7.05 Å². The molecule has 0 aliphatic rings. The van der Waals surface area contributed by atoms with Crippen LogP contribution in [-0.2, 0) is 16.6 Å². The van der Waals surface area contributed by atoms with Crippen molar-refractivity contribution in [1.29, 1.82) is 0 Å². The van der Waals surface area contributed by atoms with E-state index in [1.807, 2.05) is 0 Å². The summed E-state index contributed by atoms with van der Waals surface area (Å²) in [7, 11) is 4.00. The maximum Gasteiger partial charge on any atom is 0.263 e. The zero-order chi connectivity index (χ0) is 24.4. The highest BCUT2D eigenvalue weighted by Crippen LogP contribution is 2.35. The Morgan fingerprint density at radius 1 is 1.23 bits per heavy atom. The molecule has 7 nitrogen and oxygen atoms in total. The number of anilines is 1. The number of pyridine rings is 1. The van der Waals surface area contributed by atoms with E-state index in [9.17, 15) is 9.59 Å². The first-order chi connectivity index (χ1) is 14.5. The first kappa shape index (κ1) is 28.1. The standard InChI is InChI=1S/C18H17ClN2O3.C4H10O.CH4O/c1-5-14-15(11(2)24-4)18(23)21(3)17(20-10-22)16(14)12-6-8-13(19)9-7-12;1-4(2,3)5;1-2/h5-10H,1-2H2,3-4H3,(H,20,22);5H,1-3H3;2H,1H3. The molecule has 0 saturated heterocycles. The van der Waals surface area contributed by atoms with Crippen LogP contribution in [0.15, 0.2) is 42.2 Å². The minimum Gasteiger partial charge on any atom is -0.497 e. The van der Waals surface area contributed by atoms with E-state index in [1.54, 1.807) is 58.2 Å². The summed E-state index contributed by atoms with van der Waals surface area (Å²) < 4.78 is 6.50. The molecular formula is C23H31ClN2O5. The van der Waals surface area contributed by atoms with Gasteiger partial charge in [-0.1, -0.05) is 43.0 Å². The number of aromatic nitrogens is 1. The van der Waals surface area contributed by atoms with Crippen LogP contribution in [0, 0.1) is 0 Å². The predicted molar refractivity (Wildman–Crippen MR) is 128 cm³/mol. The Morgan fingerprint density at radius 3 is 2.10 bits per heavy atom. The molecule has 0 bridgehead atoms. The highest BCUT2D eigenvalue weighted by atomic mass is 35.5. The van der Waals surface area contributed by atoms with E-state index < -0.39 is 5.60 Å². The van der Waals surface area contributed by atoms with Gasteiger partial charge in [0.15, 0.2) is 0 Å². The molecule has 0 aliphatic heterocycles. The number of methoxy groups -OCH3 is 1.